The van der Waals surface area contributed by atoms with E-state index in [1.807, 2.05) is 0 Å². The minimum absolute atomic E-state index is 0.0670. The molecule has 3 rings (SSSR count). The van der Waals surface area contributed by atoms with Crippen LogP contribution in [0.25, 0.3) is 11.4 Å². The van der Waals surface area contributed by atoms with Gasteiger partial charge in [0.25, 0.3) is 0 Å². The smallest absolute Gasteiger partial charge is 0.234 e. The molecule has 0 spiro atoms. The molecular formula is C15H12F2N6OS. The number of carbonyl (C=O) groups is 1. The number of benzene rings is 1. The van der Waals surface area contributed by atoms with Gasteiger partial charge in [0.1, 0.15) is 11.6 Å². The molecule has 2 aromatic heterocycles. The highest BCUT2D eigenvalue weighted by molar-refractivity contribution is 7.99. The van der Waals surface area contributed by atoms with Gasteiger partial charge in [-0.05, 0) is 24.3 Å². The Hall–Kier alpha value is -3.01. The Morgan fingerprint density at radius 3 is 2.68 bits per heavy atom. The quantitative estimate of drug-likeness (QED) is 0.532. The second-order valence-corrected chi connectivity index (χ2v) is 5.82. The molecular weight excluding hydrogens is 350 g/mol. The van der Waals surface area contributed by atoms with Crippen molar-refractivity contribution in [3.63, 3.8) is 0 Å². The van der Waals surface area contributed by atoms with Gasteiger partial charge in [0, 0.05) is 24.0 Å². The Balaban J connectivity index is 1.64. The number of nitrogens with two attached hydrogens (primary N) is 1. The number of pyridine rings is 1. The van der Waals surface area contributed by atoms with Crippen LogP contribution >= 0.6 is 11.8 Å². The second-order valence-electron chi connectivity index (χ2n) is 4.87. The van der Waals surface area contributed by atoms with Gasteiger partial charge in [-0.1, -0.05) is 11.8 Å². The van der Waals surface area contributed by atoms with E-state index < -0.39 is 17.5 Å². The molecule has 0 saturated heterocycles. The maximum Gasteiger partial charge on any atom is 0.234 e. The molecule has 2 heterocycles. The summed E-state index contributed by atoms with van der Waals surface area (Å²) in [6.07, 6.45) is 3.20. The predicted octanol–water partition coefficient (Wildman–Crippen LogP) is 2.06. The Morgan fingerprint density at radius 2 is 1.96 bits per heavy atom. The van der Waals surface area contributed by atoms with Gasteiger partial charge in [-0.15, -0.1) is 10.2 Å². The molecule has 0 atom stereocenters. The molecule has 128 valence electrons. The summed E-state index contributed by atoms with van der Waals surface area (Å²) in [6.45, 7) is 0. The normalized spacial score (nSPS) is 10.6. The average Bonchev–Trinajstić information content (AvgIpc) is 2.97. The van der Waals surface area contributed by atoms with Gasteiger partial charge in [0.15, 0.2) is 5.82 Å². The first-order valence-corrected chi connectivity index (χ1v) is 8.02. The van der Waals surface area contributed by atoms with Crippen LogP contribution in [-0.4, -0.2) is 31.5 Å². The molecule has 0 radical (unpaired) electrons. The molecule has 3 N–H and O–H groups in total. The topological polar surface area (TPSA) is 98.7 Å². The minimum atomic E-state index is -0.847. The van der Waals surface area contributed by atoms with Crippen LogP contribution in [0, 0.1) is 11.6 Å². The van der Waals surface area contributed by atoms with Gasteiger partial charge in [-0.2, -0.15) is 0 Å². The van der Waals surface area contributed by atoms with Crippen molar-refractivity contribution in [3.05, 3.63) is 54.4 Å². The summed E-state index contributed by atoms with van der Waals surface area (Å²) in [5.74, 6) is 4.24. The first-order chi connectivity index (χ1) is 12.0. The summed E-state index contributed by atoms with van der Waals surface area (Å²) in [5.41, 5.74) is 0.633. The van der Waals surface area contributed by atoms with Gasteiger partial charge in [0.05, 0.1) is 11.4 Å². The van der Waals surface area contributed by atoms with E-state index >= 15 is 0 Å². The molecule has 0 fully saturated rings. The van der Waals surface area contributed by atoms with Gasteiger partial charge < -0.3 is 11.2 Å². The van der Waals surface area contributed by atoms with Crippen LogP contribution in [-0.2, 0) is 4.79 Å². The predicted molar refractivity (Wildman–Crippen MR) is 89.1 cm³/mol. The zero-order valence-electron chi connectivity index (χ0n) is 12.7. The van der Waals surface area contributed by atoms with Crippen molar-refractivity contribution >= 4 is 23.4 Å². The van der Waals surface area contributed by atoms with E-state index in [0.717, 1.165) is 29.5 Å². The van der Waals surface area contributed by atoms with Crippen LogP contribution in [0.3, 0.4) is 0 Å². The van der Waals surface area contributed by atoms with Crippen LogP contribution in [0.5, 0.6) is 0 Å². The van der Waals surface area contributed by atoms with E-state index in [2.05, 4.69) is 20.5 Å². The number of hydrogen-bond acceptors (Lipinski definition) is 6. The molecule has 0 aliphatic rings. The SMILES string of the molecule is Nn1c(SCC(=O)Nc2ccc(F)cc2F)nnc1-c1ccncc1. The lowest BCUT2D eigenvalue weighted by Crippen LogP contribution is -2.17. The fourth-order valence-corrected chi connectivity index (χ4v) is 2.64. The summed E-state index contributed by atoms with van der Waals surface area (Å²) in [5, 5.41) is 10.6. The number of rotatable bonds is 5. The first kappa shape index (κ1) is 16.8. The minimum Gasteiger partial charge on any atom is -0.335 e. The number of anilines is 1. The lowest BCUT2D eigenvalue weighted by molar-refractivity contribution is -0.113. The summed E-state index contributed by atoms with van der Waals surface area (Å²) < 4.78 is 27.6. The van der Waals surface area contributed by atoms with E-state index in [-0.39, 0.29) is 11.4 Å². The number of nitrogen functional groups attached to an aromatic ring is 1. The average molecular weight is 362 g/mol. The highest BCUT2D eigenvalue weighted by atomic mass is 32.2. The number of aromatic nitrogens is 4. The van der Waals surface area contributed by atoms with Gasteiger partial charge in [0.2, 0.25) is 11.1 Å². The number of thioether (sulfide) groups is 1. The van der Waals surface area contributed by atoms with Crippen molar-refractivity contribution < 1.29 is 13.6 Å². The zero-order chi connectivity index (χ0) is 17.8. The maximum absolute atomic E-state index is 13.5. The maximum atomic E-state index is 13.5. The van der Waals surface area contributed by atoms with E-state index in [0.29, 0.717) is 17.0 Å². The van der Waals surface area contributed by atoms with Crippen molar-refractivity contribution in [3.8, 4) is 11.4 Å². The molecule has 1 amide bonds. The van der Waals surface area contributed by atoms with E-state index in [9.17, 15) is 13.6 Å². The summed E-state index contributed by atoms with van der Waals surface area (Å²) in [6, 6.07) is 6.36. The molecule has 1 aromatic carbocycles. The Labute approximate surface area is 145 Å². The number of hydrogen-bond donors (Lipinski definition) is 2. The van der Waals surface area contributed by atoms with E-state index in [1.165, 1.54) is 4.68 Å². The Morgan fingerprint density at radius 1 is 1.20 bits per heavy atom. The van der Waals surface area contributed by atoms with Crippen molar-refractivity contribution in [2.75, 3.05) is 16.9 Å². The van der Waals surface area contributed by atoms with Crippen LogP contribution in [0.4, 0.5) is 14.5 Å². The number of amides is 1. The van der Waals surface area contributed by atoms with Crippen LogP contribution in [0.2, 0.25) is 0 Å². The van der Waals surface area contributed by atoms with Crippen LogP contribution in [0.15, 0.2) is 47.9 Å². The third-order valence-electron chi connectivity index (χ3n) is 3.14. The van der Waals surface area contributed by atoms with Crippen molar-refractivity contribution in [2.45, 2.75) is 5.16 Å². The molecule has 0 bridgehead atoms. The molecule has 10 heteroatoms. The molecule has 25 heavy (non-hydrogen) atoms. The number of carbonyl (C=O) groups excluding carboxylic acids is 1. The molecule has 7 nitrogen and oxygen atoms in total. The molecule has 0 aliphatic heterocycles. The van der Waals surface area contributed by atoms with Gasteiger partial charge in [-0.25, -0.2) is 13.5 Å². The Bertz CT molecular complexity index is 902. The second kappa shape index (κ2) is 7.26. The number of halogens is 2. The molecule has 0 aliphatic carbocycles. The first-order valence-electron chi connectivity index (χ1n) is 7.03. The van der Waals surface area contributed by atoms with Gasteiger partial charge >= 0.3 is 0 Å². The highest BCUT2D eigenvalue weighted by Crippen LogP contribution is 2.21. The number of nitrogens with zero attached hydrogens (tertiary/aromatic N) is 4. The van der Waals surface area contributed by atoms with Crippen LogP contribution in [0.1, 0.15) is 0 Å². The Kier molecular flexibility index (Phi) is 4.89. The fourth-order valence-electron chi connectivity index (χ4n) is 1.98. The fraction of sp³-hybridized carbons (Fsp3) is 0.0667. The van der Waals surface area contributed by atoms with Crippen molar-refractivity contribution in [1.82, 2.24) is 19.9 Å². The zero-order valence-corrected chi connectivity index (χ0v) is 13.5. The molecule has 0 saturated carbocycles. The molecule has 0 unspecified atom stereocenters. The number of nitrogens with one attached hydrogen (secondary N) is 1. The molecule has 3 aromatic rings. The monoisotopic (exact) mass is 362 g/mol. The largest absolute Gasteiger partial charge is 0.335 e. The standard InChI is InChI=1S/C15H12F2N6OS/c16-10-1-2-12(11(17)7-10)20-13(24)8-25-15-22-21-14(23(15)18)9-3-5-19-6-4-9/h1-7H,8,18H2,(H,20,24). The lowest BCUT2D eigenvalue weighted by atomic mass is 10.2. The van der Waals surface area contributed by atoms with Gasteiger partial charge in [-0.3, -0.25) is 9.78 Å². The summed E-state index contributed by atoms with van der Waals surface area (Å²) in [7, 11) is 0. The van der Waals surface area contributed by atoms with Crippen LogP contribution < -0.4 is 11.2 Å². The van der Waals surface area contributed by atoms with E-state index in [4.69, 9.17) is 5.84 Å². The van der Waals surface area contributed by atoms with Crippen molar-refractivity contribution in [2.24, 2.45) is 0 Å². The summed E-state index contributed by atoms with van der Waals surface area (Å²) >= 11 is 1.04. The van der Waals surface area contributed by atoms with E-state index in [1.54, 1.807) is 24.5 Å². The van der Waals surface area contributed by atoms with Crippen molar-refractivity contribution in [1.29, 1.82) is 0 Å². The highest BCUT2D eigenvalue weighted by Gasteiger charge is 2.14. The summed E-state index contributed by atoms with van der Waals surface area (Å²) in [4.78, 5) is 15.8. The third-order valence-corrected chi connectivity index (χ3v) is 4.08. The lowest BCUT2D eigenvalue weighted by Gasteiger charge is -2.06. The third kappa shape index (κ3) is 3.91.